The van der Waals surface area contributed by atoms with E-state index in [1.807, 2.05) is 60.2 Å². The summed E-state index contributed by atoms with van der Waals surface area (Å²) in [5.74, 6) is -0.0992. The quantitative estimate of drug-likeness (QED) is 0.410. The fourth-order valence-corrected chi connectivity index (χ4v) is 3.56. The molecule has 0 aliphatic heterocycles. The number of rotatable bonds is 7. The average molecular weight is 408 g/mol. The fourth-order valence-electron chi connectivity index (χ4n) is 3.43. The maximum Gasteiger partial charge on any atom is 0.239 e. The van der Waals surface area contributed by atoms with Gasteiger partial charge in [-0.1, -0.05) is 49.8 Å². The van der Waals surface area contributed by atoms with Crippen LogP contribution in [-0.2, 0) is 6.54 Å². The minimum absolute atomic E-state index is 0. The van der Waals surface area contributed by atoms with E-state index in [2.05, 4.69) is 0 Å². The van der Waals surface area contributed by atoms with Gasteiger partial charge in [0.1, 0.15) is 4.99 Å². The molecule has 1 unspecified atom stereocenters. The third kappa shape index (κ3) is 4.65. The average Bonchev–Trinajstić information content (AvgIpc) is 2.98. The lowest BCUT2D eigenvalue weighted by molar-refractivity contribution is 0.109. The van der Waals surface area contributed by atoms with Gasteiger partial charge in [0.2, 0.25) is 6.43 Å². The standard InChI is InChI=1S/C21H23F2N3S.FH/c1-2-13(8-20(22)23)11-26-12-18(17-7-6-16(24)10-19(17)26)14-4-3-5-15(9-14)21(25)27;/h3-7,9-10,12-13,20H,2,8,11,24H2,1H3,(H2,25,27);1H. The van der Waals surface area contributed by atoms with Crippen molar-refractivity contribution in [2.75, 3.05) is 5.73 Å². The summed E-state index contributed by atoms with van der Waals surface area (Å²) >= 11 is 5.09. The normalized spacial score (nSPS) is 12.1. The molecule has 7 heteroatoms. The van der Waals surface area contributed by atoms with Gasteiger partial charge in [0.05, 0.1) is 5.52 Å². The second-order valence-electron chi connectivity index (χ2n) is 6.82. The highest BCUT2D eigenvalue weighted by molar-refractivity contribution is 7.80. The molecule has 1 heterocycles. The summed E-state index contributed by atoms with van der Waals surface area (Å²) in [4.78, 5) is 0.341. The van der Waals surface area contributed by atoms with E-state index in [-0.39, 0.29) is 17.0 Å². The van der Waals surface area contributed by atoms with Crippen LogP contribution in [0.1, 0.15) is 25.3 Å². The molecule has 0 spiro atoms. The first-order valence-corrected chi connectivity index (χ1v) is 9.36. The van der Waals surface area contributed by atoms with Gasteiger partial charge in [-0.3, -0.25) is 4.70 Å². The molecule has 0 saturated heterocycles. The molecule has 0 fully saturated rings. The largest absolute Gasteiger partial charge is 0.399 e. The SMILES string of the molecule is CCC(CC(F)F)Cn1cc(-c2cccc(C(N)=S)c2)c2ccc(N)cc21.F. The predicted molar refractivity (Wildman–Crippen MR) is 115 cm³/mol. The van der Waals surface area contributed by atoms with Crippen molar-refractivity contribution in [3.63, 3.8) is 0 Å². The minimum Gasteiger partial charge on any atom is -0.399 e. The lowest BCUT2D eigenvalue weighted by atomic mass is 10.0. The second-order valence-corrected chi connectivity index (χ2v) is 7.26. The smallest absolute Gasteiger partial charge is 0.239 e. The van der Waals surface area contributed by atoms with Crippen LogP contribution in [0.2, 0.25) is 0 Å². The van der Waals surface area contributed by atoms with Crippen molar-refractivity contribution in [1.29, 1.82) is 0 Å². The van der Waals surface area contributed by atoms with Gasteiger partial charge in [-0.15, -0.1) is 0 Å². The van der Waals surface area contributed by atoms with Crippen molar-refractivity contribution in [3.05, 3.63) is 54.2 Å². The first-order valence-electron chi connectivity index (χ1n) is 8.95. The number of nitrogens with two attached hydrogens (primary N) is 2. The van der Waals surface area contributed by atoms with Gasteiger partial charge in [0.15, 0.2) is 0 Å². The Morgan fingerprint density at radius 3 is 2.57 bits per heavy atom. The van der Waals surface area contributed by atoms with E-state index < -0.39 is 6.43 Å². The topological polar surface area (TPSA) is 57.0 Å². The van der Waals surface area contributed by atoms with Gasteiger partial charge in [-0.2, -0.15) is 0 Å². The summed E-state index contributed by atoms with van der Waals surface area (Å²) in [5.41, 5.74) is 16.1. The van der Waals surface area contributed by atoms with Crippen LogP contribution in [0, 0.1) is 5.92 Å². The molecule has 3 aromatic rings. The number of anilines is 1. The van der Waals surface area contributed by atoms with Crippen LogP contribution in [0.25, 0.3) is 22.0 Å². The molecule has 150 valence electrons. The lowest BCUT2D eigenvalue weighted by Gasteiger charge is -2.16. The number of thiocarbonyl (C=S) groups is 1. The zero-order valence-electron chi connectivity index (χ0n) is 15.6. The molecule has 1 aromatic heterocycles. The van der Waals surface area contributed by atoms with Gasteiger partial charge >= 0.3 is 0 Å². The van der Waals surface area contributed by atoms with Gasteiger partial charge < -0.3 is 16.0 Å². The molecule has 1 atom stereocenters. The van der Waals surface area contributed by atoms with Crippen molar-refractivity contribution in [2.24, 2.45) is 11.7 Å². The molecule has 28 heavy (non-hydrogen) atoms. The van der Waals surface area contributed by atoms with E-state index in [9.17, 15) is 8.78 Å². The van der Waals surface area contributed by atoms with Crippen molar-refractivity contribution >= 4 is 33.8 Å². The lowest BCUT2D eigenvalue weighted by Crippen LogP contribution is -2.12. The molecule has 4 N–H and O–H groups in total. The summed E-state index contributed by atoms with van der Waals surface area (Å²) in [5, 5.41) is 1.02. The first kappa shape index (κ1) is 21.8. The van der Waals surface area contributed by atoms with E-state index in [0.29, 0.717) is 23.6 Å². The number of fused-ring (bicyclic) bond motifs is 1. The Bertz CT molecular complexity index is 969. The number of halogens is 3. The van der Waals surface area contributed by atoms with Crippen LogP contribution < -0.4 is 11.5 Å². The maximum atomic E-state index is 12.9. The fraction of sp³-hybridized carbons (Fsp3) is 0.286. The predicted octanol–water partition coefficient (Wildman–Crippen LogP) is 5.36. The van der Waals surface area contributed by atoms with E-state index >= 15 is 0 Å². The Balaban J connectivity index is 0.00000280. The van der Waals surface area contributed by atoms with Crippen molar-refractivity contribution < 1.29 is 13.5 Å². The number of alkyl halides is 2. The zero-order valence-corrected chi connectivity index (χ0v) is 16.4. The zero-order chi connectivity index (χ0) is 19.6. The van der Waals surface area contributed by atoms with Crippen molar-refractivity contribution in [2.45, 2.75) is 32.7 Å². The summed E-state index contributed by atoms with van der Waals surface area (Å²) in [6, 6.07) is 13.4. The molecule has 0 bridgehead atoms. The molecule has 2 aromatic carbocycles. The van der Waals surface area contributed by atoms with Crippen LogP contribution in [0.3, 0.4) is 0 Å². The number of hydrogen-bond acceptors (Lipinski definition) is 2. The van der Waals surface area contributed by atoms with Gasteiger partial charge in [-0.05, 0) is 29.7 Å². The van der Waals surface area contributed by atoms with Gasteiger partial charge in [0, 0.05) is 41.4 Å². The highest BCUT2D eigenvalue weighted by Crippen LogP contribution is 2.33. The number of aromatic nitrogens is 1. The van der Waals surface area contributed by atoms with Gasteiger partial charge in [-0.25, -0.2) is 8.78 Å². The highest BCUT2D eigenvalue weighted by Gasteiger charge is 2.17. The van der Waals surface area contributed by atoms with Crippen LogP contribution in [0.4, 0.5) is 19.2 Å². The summed E-state index contributed by atoms with van der Waals surface area (Å²) in [7, 11) is 0. The molecule has 0 amide bonds. The minimum atomic E-state index is -2.30. The molecule has 0 saturated carbocycles. The molecule has 0 aliphatic rings. The third-order valence-electron chi connectivity index (χ3n) is 4.91. The maximum absolute atomic E-state index is 12.9. The second kappa shape index (κ2) is 9.10. The molecule has 0 radical (unpaired) electrons. The monoisotopic (exact) mass is 407 g/mol. The van der Waals surface area contributed by atoms with Crippen LogP contribution in [0.5, 0.6) is 0 Å². The Kier molecular flexibility index (Phi) is 7.07. The Labute approximate surface area is 167 Å². The summed E-state index contributed by atoms with van der Waals surface area (Å²) in [6.07, 6.45) is 0.295. The molecule has 3 nitrogen and oxygen atoms in total. The molecular weight excluding hydrogens is 383 g/mol. The van der Waals surface area contributed by atoms with Crippen LogP contribution >= 0.6 is 12.2 Å². The van der Waals surface area contributed by atoms with Crippen molar-refractivity contribution in [3.8, 4) is 11.1 Å². The van der Waals surface area contributed by atoms with Crippen molar-refractivity contribution in [1.82, 2.24) is 4.57 Å². The Morgan fingerprint density at radius 1 is 1.18 bits per heavy atom. The summed E-state index contributed by atoms with van der Waals surface area (Å²) < 4.78 is 27.8. The Morgan fingerprint density at radius 2 is 1.93 bits per heavy atom. The van der Waals surface area contributed by atoms with E-state index in [4.69, 9.17) is 23.7 Å². The molecular formula is C21H24F3N3S. The van der Waals surface area contributed by atoms with E-state index in [1.54, 1.807) is 0 Å². The molecule has 3 rings (SSSR count). The molecule has 0 aliphatic carbocycles. The number of nitrogens with zero attached hydrogens (tertiary/aromatic N) is 1. The van der Waals surface area contributed by atoms with Crippen LogP contribution in [0.15, 0.2) is 48.7 Å². The third-order valence-corrected chi connectivity index (χ3v) is 5.14. The Hall–Kier alpha value is -2.54. The van der Waals surface area contributed by atoms with E-state index in [1.165, 1.54) is 0 Å². The van der Waals surface area contributed by atoms with E-state index in [0.717, 1.165) is 27.6 Å². The summed E-state index contributed by atoms with van der Waals surface area (Å²) in [6.45, 7) is 2.47. The highest BCUT2D eigenvalue weighted by atomic mass is 32.1. The van der Waals surface area contributed by atoms with Gasteiger partial charge in [0.25, 0.3) is 0 Å². The first-order chi connectivity index (χ1) is 12.9. The number of benzene rings is 2. The van der Waals surface area contributed by atoms with Crippen LogP contribution in [-0.4, -0.2) is 16.0 Å². The number of nitrogen functional groups attached to an aromatic ring is 1. The number of hydrogen-bond donors (Lipinski definition) is 2.